The van der Waals surface area contributed by atoms with Crippen LogP contribution in [0.3, 0.4) is 0 Å². The minimum absolute atomic E-state index is 0.252. The van der Waals surface area contributed by atoms with Crippen molar-refractivity contribution in [2.45, 2.75) is 26.8 Å². The molecule has 0 fully saturated rings. The van der Waals surface area contributed by atoms with Gasteiger partial charge >= 0.3 is 6.03 Å². The quantitative estimate of drug-likeness (QED) is 0.214. The lowest BCUT2D eigenvalue weighted by atomic mass is 10.2. The van der Waals surface area contributed by atoms with Crippen LogP contribution in [-0.4, -0.2) is 47.1 Å². The third-order valence-electron chi connectivity index (χ3n) is 6.09. The van der Waals surface area contributed by atoms with E-state index in [4.69, 9.17) is 4.74 Å². The summed E-state index contributed by atoms with van der Waals surface area (Å²) in [6.45, 7) is 8.64. The molecule has 3 aromatic carbocycles. The molecular formula is C29H34N6O2. The zero-order valence-corrected chi connectivity index (χ0v) is 21.4. The zero-order valence-electron chi connectivity index (χ0n) is 21.4. The second-order valence-corrected chi connectivity index (χ2v) is 8.63. The molecule has 1 aromatic heterocycles. The number of urea groups is 1. The molecule has 1 heterocycles. The molecule has 4 aromatic rings. The van der Waals surface area contributed by atoms with Crippen molar-refractivity contribution in [2.75, 3.05) is 36.9 Å². The average Bonchev–Trinajstić information content (AvgIpc) is 2.94. The molecule has 0 saturated carbocycles. The molecule has 0 bridgehead atoms. The summed E-state index contributed by atoms with van der Waals surface area (Å²) in [6, 6.07) is 22.9. The topological polar surface area (TPSA) is 91.4 Å². The molecule has 0 spiro atoms. The van der Waals surface area contributed by atoms with E-state index in [0.717, 1.165) is 54.0 Å². The molecule has 0 saturated heterocycles. The van der Waals surface area contributed by atoms with Crippen molar-refractivity contribution in [3.8, 4) is 5.75 Å². The van der Waals surface area contributed by atoms with E-state index in [1.807, 2.05) is 72.8 Å². The van der Waals surface area contributed by atoms with E-state index < -0.39 is 0 Å². The second-order valence-electron chi connectivity index (χ2n) is 8.63. The van der Waals surface area contributed by atoms with Gasteiger partial charge in [-0.3, -0.25) is 0 Å². The fraction of sp³-hybridized carbons (Fsp3) is 0.276. The Morgan fingerprint density at radius 2 is 1.68 bits per heavy atom. The molecule has 0 aliphatic rings. The van der Waals surface area contributed by atoms with Crippen LogP contribution >= 0.6 is 0 Å². The number of aromatic nitrogens is 2. The minimum Gasteiger partial charge on any atom is -0.493 e. The van der Waals surface area contributed by atoms with E-state index in [2.05, 4.69) is 44.7 Å². The van der Waals surface area contributed by atoms with Gasteiger partial charge in [-0.1, -0.05) is 44.2 Å². The Labute approximate surface area is 218 Å². The molecule has 0 radical (unpaired) electrons. The van der Waals surface area contributed by atoms with Crippen LogP contribution in [0.15, 0.2) is 79.1 Å². The lowest BCUT2D eigenvalue weighted by molar-refractivity contribution is 0.249. The van der Waals surface area contributed by atoms with Crippen LogP contribution in [0, 0.1) is 0 Å². The highest BCUT2D eigenvalue weighted by Crippen LogP contribution is 2.27. The maximum atomic E-state index is 12.2. The molecule has 3 N–H and O–H groups in total. The fourth-order valence-corrected chi connectivity index (χ4v) is 3.97. The SMILES string of the molecule is CCN(CC)CCCOc1ccc2c(Nc3ccc(NC(=O)NCc4ccccc4)cc3)ncnc2c1. The molecule has 37 heavy (non-hydrogen) atoms. The Kier molecular flexibility index (Phi) is 9.26. The van der Waals surface area contributed by atoms with Gasteiger partial charge in [0.2, 0.25) is 0 Å². The maximum Gasteiger partial charge on any atom is 0.319 e. The maximum absolute atomic E-state index is 12.2. The first-order chi connectivity index (χ1) is 18.1. The lowest BCUT2D eigenvalue weighted by Gasteiger charge is -2.17. The van der Waals surface area contributed by atoms with Crippen molar-refractivity contribution in [1.82, 2.24) is 20.2 Å². The first kappa shape index (κ1) is 25.9. The van der Waals surface area contributed by atoms with Crippen LogP contribution in [-0.2, 0) is 6.54 Å². The molecule has 0 unspecified atom stereocenters. The summed E-state index contributed by atoms with van der Waals surface area (Å²) in [5.41, 5.74) is 3.41. The number of anilines is 3. The van der Waals surface area contributed by atoms with Gasteiger partial charge in [0.1, 0.15) is 17.9 Å². The standard InChI is InChI=1S/C29H34N6O2/c1-3-35(4-2)17-8-18-37-25-15-16-26-27(19-25)31-21-32-28(26)33-23-11-13-24(14-12-23)34-29(36)30-20-22-9-6-5-7-10-22/h5-7,9-16,19,21H,3-4,8,17-18,20H2,1-2H3,(H2,30,34,36)(H,31,32,33). The number of ether oxygens (including phenoxy) is 1. The molecule has 8 nitrogen and oxygen atoms in total. The molecule has 4 rings (SSSR count). The van der Waals surface area contributed by atoms with E-state index in [9.17, 15) is 4.79 Å². The van der Waals surface area contributed by atoms with Gasteiger partial charge in [-0.15, -0.1) is 0 Å². The number of amides is 2. The Morgan fingerprint density at radius 3 is 2.43 bits per heavy atom. The number of nitrogens with zero attached hydrogens (tertiary/aromatic N) is 3. The lowest BCUT2D eigenvalue weighted by Crippen LogP contribution is -2.28. The summed E-state index contributed by atoms with van der Waals surface area (Å²) in [7, 11) is 0. The number of carbonyl (C=O) groups excluding carboxylic acids is 1. The normalized spacial score (nSPS) is 10.9. The van der Waals surface area contributed by atoms with Crippen molar-refractivity contribution in [3.63, 3.8) is 0 Å². The van der Waals surface area contributed by atoms with E-state index in [1.54, 1.807) is 6.33 Å². The zero-order chi connectivity index (χ0) is 25.9. The number of nitrogens with one attached hydrogen (secondary N) is 3. The second kappa shape index (κ2) is 13.2. The van der Waals surface area contributed by atoms with Crippen LogP contribution in [0.25, 0.3) is 10.9 Å². The van der Waals surface area contributed by atoms with Gasteiger partial charge < -0.3 is 25.6 Å². The summed E-state index contributed by atoms with van der Waals surface area (Å²) in [4.78, 5) is 23.4. The fourth-order valence-electron chi connectivity index (χ4n) is 3.97. The Bertz CT molecular complexity index is 1280. The number of rotatable bonds is 12. The number of benzene rings is 3. The van der Waals surface area contributed by atoms with Gasteiger partial charge in [0, 0.05) is 35.9 Å². The molecule has 0 atom stereocenters. The van der Waals surface area contributed by atoms with Crippen molar-refractivity contribution in [1.29, 1.82) is 0 Å². The predicted octanol–water partition coefficient (Wildman–Crippen LogP) is 5.81. The van der Waals surface area contributed by atoms with E-state index in [1.165, 1.54) is 0 Å². The molecule has 8 heteroatoms. The van der Waals surface area contributed by atoms with E-state index in [0.29, 0.717) is 24.7 Å². The number of fused-ring (bicyclic) bond motifs is 1. The van der Waals surface area contributed by atoms with Crippen molar-refractivity contribution in [3.05, 3.63) is 84.7 Å². The minimum atomic E-state index is -0.252. The van der Waals surface area contributed by atoms with Gasteiger partial charge in [0.25, 0.3) is 0 Å². The summed E-state index contributed by atoms with van der Waals surface area (Å²) < 4.78 is 5.95. The van der Waals surface area contributed by atoms with Gasteiger partial charge in [-0.05, 0) is 61.5 Å². The van der Waals surface area contributed by atoms with Crippen molar-refractivity contribution >= 4 is 34.1 Å². The van der Waals surface area contributed by atoms with E-state index in [-0.39, 0.29) is 6.03 Å². The highest BCUT2D eigenvalue weighted by molar-refractivity contribution is 5.92. The molecule has 0 aliphatic carbocycles. The number of hydrogen-bond donors (Lipinski definition) is 3. The summed E-state index contributed by atoms with van der Waals surface area (Å²) in [5, 5.41) is 9.96. The van der Waals surface area contributed by atoms with Crippen molar-refractivity contribution in [2.24, 2.45) is 0 Å². The van der Waals surface area contributed by atoms with Crippen molar-refractivity contribution < 1.29 is 9.53 Å². The number of hydrogen-bond acceptors (Lipinski definition) is 6. The third-order valence-corrected chi connectivity index (χ3v) is 6.09. The van der Waals surface area contributed by atoms with Crippen LogP contribution in [0.4, 0.5) is 22.0 Å². The van der Waals surface area contributed by atoms with Gasteiger partial charge in [-0.2, -0.15) is 0 Å². The Hall–Kier alpha value is -4.17. The Balaban J connectivity index is 1.31. The monoisotopic (exact) mass is 498 g/mol. The largest absolute Gasteiger partial charge is 0.493 e. The van der Waals surface area contributed by atoms with Gasteiger partial charge in [0.15, 0.2) is 0 Å². The van der Waals surface area contributed by atoms with Crippen LogP contribution in [0.5, 0.6) is 5.75 Å². The predicted molar refractivity (Wildman–Crippen MR) is 149 cm³/mol. The number of carbonyl (C=O) groups is 1. The van der Waals surface area contributed by atoms with Crippen LogP contribution < -0.4 is 20.7 Å². The average molecular weight is 499 g/mol. The van der Waals surface area contributed by atoms with Gasteiger partial charge in [-0.25, -0.2) is 14.8 Å². The van der Waals surface area contributed by atoms with Crippen LogP contribution in [0.2, 0.25) is 0 Å². The first-order valence-electron chi connectivity index (χ1n) is 12.7. The van der Waals surface area contributed by atoms with E-state index >= 15 is 0 Å². The highest BCUT2D eigenvalue weighted by atomic mass is 16.5. The molecule has 2 amide bonds. The van der Waals surface area contributed by atoms with Crippen LogP contribution in [0.1, 0.15) is 25.8 Å². The Morgan fingerprint density at radius 1 is 0.919 bits per heavy atom. The summed E-state index contributed by atoms with van der Waals surface area (Å²) >= 11 is 0. The summed E-state index contributed by atoms with van der Waals surface area (Å²) in [6.07, 6.45) is 2.53. The van der Waals surface area contributed by atoms with Gasteiger partial charge in [0.05, 0.1) is 12.1 Å². The smallest absolute Gasteiger partial charge is 0.319 e. The molecule has 0 aliphatic heterocycles. The third kappa shape index (κ3) is 7.65. The first-order valence-corrected chi connectivity index (χ1v) is 12.7. The summed E-state index contributed by atoms with van der Waals surface area (Å²) in [5.74, 6) is 1.51. The highest BCUT2D eigenvalue weighted by Gasteiger charge is 2.07. The molecular weight excluding hydrogens is 464 g/mol. The molecule has 192 valence electrons.